The molecule has 1 saturated heterocycles. The molecule has 194 valence electrons. The van der Waals surface area contributed by atoms with E-state index in [9.17, 15) is 14.0 Å². The van der Waals surface area contributed by atoms with Gasteiger partial charge in [-0.2, -0.15) is 0 Å². The van der Waals surface area contributed by atoms with E-state index in [4.69, 9.17) is 26.1 Å². The number of likely N-dealkylation sites (tertiary alicyclic amines) is 1. The summed E-state index contributed by atoms with van der Waals surface area (Å²) in [6, 6.07) is 4.85. The first kappa shape index (κ1) is 24.5. The van der Waals surface area contributed by atoms with Crippen LogP contribution in [0.1, 0.15) is 62.0 Å². The topological polar surface area (TPSA) is 73.7 Å². The van der Waals surface area contributed by atoms with Crippen molar-refractivity contribution in [2.24, 2.45) is 5.92 Å². The molecule has 0 aliphatic carbocycles. The van der Waals surface area contributed by atoms with Gasteiger partial charge < -0.3 is 14.0 Å². The number of carbonyl (C=O) groups excluding carboxylic acids is 1. The highest BCUT2D eigenvalue weighted by molar-refractivity contribution is 6.31. The number of piperidine rings is 1. The van der Waals surface area contributed by atoms with Crippen molar-refractivity contribution >= 4 is 28.5 Å². The van der Waals surface area contributed by atoms with Crippen molar-refractivity contribution < 1.29 is 18.7 Å². The average molecular weight is 526 g/mol. The summed E-state index contributed by atoms with van der Waals surface area (Å²) >= 11 is 6.15. The van der Waals surface area contributed by atoms with Gasteiger partial charge in [0.1, 0.15) is 12.4 Å². The molecule has 0 radical (unpaired) electrons. The highest BCUT2D eigenvalue weighted by Gasteiger charge is 2.37. The van der Waals surface area contributed by atoms with Crippen molar-refractivity contribution in [3.8, 4) is 11.4 Å². The Morgan fingerprint density at radius 1 is 1.19 bits per heavy atom. The summed E-state index contributed by atoms with van der Waals surface area (Å²) in [5.74, 6) is -0.304. The summed E-state index contributed by atoms with van der Waals surface area (Å²) in [5, 5.41) is 0.719. The second-order valence-electron chi connectivity index (χ2n) is 10.7. The molecule has 37 heavy (non-hydrogen) atoms. The van der Waals surface area contributed by atoms with Crippen LogP contribution in [-0.4, -0.2) is 39.6 Å². The third-order valence-corrected chi connectivity index (χ3v) is 8.05. The Kier molecular flexibility index (Phi) is 6.09. The molecule has 3 aromatic rings. The van der Waals surface area contributed by atoms with Crippen LogP contribution >= 0.6 is 11.6 Å². The first-order valence-corrected chi connectivity index (χ1v) is 13.2. The fraction of sp³-hybridized carbons (Fsp3) is 0.464. The number of carbonyl (C=O) groups is 1. The SMILES string of the molecule is CC1CCN(Cc2c3c(nc4cc(Cl)c(F)cc24)-c2cc4c(c(=O)n2C3)COC(=O)[C@H]4OC(C)C)CC1. The van der Waals surface area contributed by atoms with E-state index in [1.165, 1.54) is 6.07 Å². The molecule has 1 aromatic carbocycles. The van der Waals surface area contributed by atoms with E-state index in [1.807, 2.05) is 19.9 Å². The van der Waals surface area contributed by atoms with Crippen LogP contribution in [0.3, 0.4) is 0 Å². The Morgan fingerprint density at radius 3 is 2.68 bits per heavy atom. The highest BCUT2D eigenvalue weighted by atomic mass is 35.5. The van der Waals surface area contributed by atoms with Gasteiger partial charge in [-0.05, 0) is 69.5 Å². The second kappa shape index (κ2) is 9.19. The number of benzene rings is 1. The first-order chi connectivity index (χ1) is 17.7. The Hall–Kier alpha value is -2.81. The molecular weight excluding hydrogens is 497 g/mol. The van der Waals surface area contributed by atoms with Crippen LogP contribution in [0.5, 0.6) is 0 Å². The number of hydrogen-bond acceptors (Lipinski definition) is 6. The van der Waals surface area contributed by atoms with E-state index < -0.39 is 17.9 Å². The standard InChI is InChI=1S/C28H29ClFN3O4/c1-14(2)37-26-17-9-24-25-19(12-33(24)27(34)20(17)13-36-28(26)35)18(11-32-6-4-15(3)5-7-32)16-8-22(30)21(29)10-23(16)31-25/h8-10,14-15,26H,4-7,11-13H2,1-3H3/t26-/m0/s1. The Morgan fingerprint density at radius 2 is 1.95 bits per heavy atom. The summed E-state index contributed by atoms with van der Waals surface area (Å²) in [5.41, 5.74) is 4.47. The molecule has 0 amide bonds. The molecular formula is C28H29ClFN3O4. The van der Waals surface area contributed by atoms with Gasteiger partial charge in [-0.3, -0.25) is 9.69 Å². The van der Waals surface area contributed by atoms with Gasteiger partial charge in [0, 0.05) is 23.1 Å². The first-order valence-electron chi connectivity index (χ1n) is 12.8. The van der Waals surface area contributed by atoms with E-state index in [-0.39, 0.29) is 23.3 Å². The van der Waals surface area contributed by atoms with Gasteiger partial charge in [0.15, 0.2) is 6.10 Å². The van der Waals surface area contributed by atoms with Crippen LogP contribution in [-0.2, 0) is 34.0 Å². The van der Waals surface area contributed by atoms with Crippen molar-refractivity contribution in [3.63, 3.8) is 0 Å². The predicted octanol–water partition coefficient (Wildman–Crippen LogP) is 4.97. The Balaban J connectivity index is 1.54. The lowest BCUT2D eigenvalue weighted by atomic mass is 9.96. The van der Waals surface area contributed by atoms with Crippen LogP contribution in [0.25, 0.3) is 22.3 Å². The molecule has 3 aliphatic rings. The maximum Gasteiger partial charge on any atom is 0.340 e. The third-order valence-electron chi connectivity index (χ3n) is 7.76. The molecule has 3 aliphatic heterocycles. The lowest BCUT2D eigenvalue weighted by Crippen LogP contribution is -2.34. The predicted molar refractivity (Wildman–Crippen MR) is 138 cm³/mol. The number of aromatic nitrogens is 2. The number of rotatable bonds is 4. The fourth-order valence-electron chi connectivity index (χ4n) is 5.72. The number of hydrogen-bond donors (Lipinski definition) is 0. The normalized spacial score (nSPS) is 19.7. The minimum atomic E-state index is -0.967. The zero-order valence-corrected chi connectivity index (χ0v) is 21.9. The molecule has 5 heterocycles. The molecule has 1 atom stereocenters. The molecule has 9 heteroatoms. The van der Waals surface area contributed by atoms with Crippen LogP contribution in [0.2, 0.25) is 5.02 Å². The van der Waals surface area contributed by atoms with Crippen LogP contribution < -0.4 is 5.56 Å². The fourth-order valence-corrected chi connectivity index (χ4v) is 5.87. The highest BCUT2D eigenvalue weighted by Crippen LogP contribution is 2.40. The molecule has 0 bridgehead atoms. The van der Waals surface area contributed by atoms with Crippen molar-refractivity contribution in [3.05, 3.63) is 61.6 Å². The zero-order chi connectivity index (χ0) is 26.0. The molecule has 0 N–H and O–H groups in total. The molecule has 6 rings (SSSR count). The van der Waals surface area contributed by atoms with E-state index >= 15 is 0 Å². The van der Waals surface area contributed by atoms with Crippen molar-refractivity contribution in [1.29, 1.82) is 0 Å². The number of ether oxygens (including phenoxy) is 2. The van der Waals surface area contributed by atoms with Crippen LogP contribution in [0.15, 0.2) is 23.0 Å². The number of nitrogens with zero attached hydrogens (tertiary/aromatic N) is 3. The van der Waals surface area contributed by atoms with E-state index in [1.54, 1.807) is 10.6 Å². The van der Waals surface area contributed by atoms with E-state index in [0.717, 1.165) is 37.1 Å². The van der Waals surface area contributed by atoms with Crippen LogP contribution in [0, 0.1) is 11.7 Å². The maximum atomic E-state index is 14.6. The number of pyridine rings is 2. The summed E-state index contributed by atoms with van der Waals surface area (Å²) in [4.78, 5) is 33.5. The monoisotopic (exact) mass is 525 g/mol. The molecule has 0 unspecified atom stereocenters. The number of fused-ring (bicyclic) bond motifs is 5. The van der Waals surface area contributed by atoms with Crippen molar-refractivity contribution in [2.75, 3.05) is 13.1 Å². The zero-order valence-electron chi connectivity index (χ0n) is 21.1. The molecule has 0 spiro atoms. The van der Waals surface area contributed by atoms with Gasteiger partial charge in [0.25, 0.3) is 5.56 Å². The number of esters is 1. The van der Waals surface area contributed by atoms with Crippen molar-refractivity contribution in [2.45, 2.75) is 65.5 Å². The Bertz CT molecular complexity index is 1490. The molecule has 7 nitrogen and oxygen atoms in total. The maximum absolute atomic E-state index is 14.6. The third kappa shape index (κ3) is 4.15. The van der Waals surface area contributed by atoms with Gasteiger partial charge in [-0.15, -0.1) is 0 Å². The van der Waals surface area contributed by atoms with Crippen LogP contribution in [0.4, 0.5) is 4.39 Å². The second-order valence-corrected chi connectivity index (χ2v) is 11.1. The molecule has 1 fully saturated rings. The lowest BCUT2D eigenvalue weighted by molar-refractivity contribution is -0.165. The molecule has 0 saturated carbocycles. The average Bonchev–Trinajstić information content (AvgIpc) is 3.22. The Labute approximate surface area is 219 Å². The quantitative estimate of drug-likeness (QED) is 0.350. The van der Waals surface area contributed by atoms with E-state index in [2.05, 4.69) is 11.8 Å². The summed E-state index contributed by atoms with van der Waals surface area (Å²) in [6.45, 7) is 8.74. The summed E-state index contributed by atoms with van der Waals surface area (Å²) < 4.78 is 27.5. The minimum absolute atomic E-state index is 0.00617. The van der Waals surface area contributed by atoms with Gasteiger partial charge in [-0.25, -0.2) is 14.2 Å². The van der Waals surface area contributed by atoms with Gasteiger partial charge in [0.2, 0.25) is 0 Å². The lowest BCUT2D eigenvalue weighted by Gasteiger charge is -2.31. The molecule has 2 aromatic heterocycles. The van der Waals surface area contributed by atoms with Gasteiger partial charge >= 0.3 is 5.97 Å². The van der Waals surface area contributed by atoms with Gasteiger partial charge in [0.05, 0.1) is 40.1 Å². The summed E-state index contributed by atoms with van der Waals surface area (Å²) in [6.07, 6.45) is 1.03. The van der Waals surface area contributed by atoms with Crippen molar-refractivity contribution in [1.82, 2.24) is 14.5 Å². The van der Waals surface area contributed by atoms with Gasteiger partial charge in [-0.1, -0.05) is 18.5 Å². The number of cyclic esters (lactones) is 1. The number of halogens is 2. The summed E-state index contributed by atoms with van der Waals surface area (Å²) in [7, 11) is 0. The minimum Gasteiger partial charge on any atom is -0.458 e. The smallest absolute Gasteiger partial charge is 0.340 e. The largest absolute Gasteiger partial charge is 0.458 e. The van der Waals surface area contributed by atoms with E-state index in [0.29, 0.717) is 52.4 Å².